The number of aromatic nitrogens is 1. The molecule has 0 spiro atoms. The second-order valence-electron chi connectivity index (χ2n) is 7.30. The summed E-state index contributed by atoms with van der Waals surface area (Å²) in [6.07, 6.45) is 1.85. The Morgan fingerprint density at radius 1 is 1.21 bits per heavy atom. The molecular formula is C19H23N5O4. The van der Waals surface area contributed by atoms with E-state index in [9.17, 15) is 19.7 Å². The number of nitrogens with one attached hydrogen (secondary N) is 1. The highest BCUT2D eigenvalue weighted by molar-refractivity contribution is 5.96. The number of nitrogens with zero attached hydrogens (tertiary/aromatic N) is 4. The molecule has 0 bridgehead atoms. The summed E-state index contributed by atoms with van der Waals surface area (Å²) in [5.41, 5.74) is -0.0117. The van der Waals surface area contributed by atoms with Crippen LogP contribution in [0.3, 0.4) is 0 Å². The van der Waals surface area contributed by atoms with Crippen molar-refractivity contribution in [3.8, 4) is 0 Å². The molecule has 4 rings (SSSR count). The minimum Gasteiger partial charge on any atom is -0.362 e. The quantitative estimate of drug-likeness (QED) is 0.621. The van der Waals surface area contributed by atoms with Gasteiger partial charge in [0.2, 0.25) is 5.91 Å². The van der Waals surface area contributed by atoms with Crippen molar-refractivity contribution < 1.29 is 9.72 Å². The largest absolute Gasteiger partial charge is 0.362 e. The second-order valence-corrected chi connectivity index (χ2v) is 7.30. The van der Waals surface area contributed by atoms with Crippen LogP contribution in [0.4, 0.5) is 11.4 Å². The lowest BCUT2D eigenvalue weighted by Crippen LogP contribution is -2.53. The third-order valence-electron chi connectivity index (χ3n) is 5.70. The Kier molecular flexibility index (Phi) is 4.76. The highest BCUT2D eigenvalue weighted by Crippen LogP contribution is 2.33. The van der Waals surface area contributed by atoms with Gasteiger partial charge in [0.25, 0.3) is 0 Å². The standard InChI is InChI=1S/C19H23N5O4/c1-21-15-7-3-2-5-13(15)16(17(19(21)26)24(27)28)22-9-11-23(12-10-22)18(25)14-6-4-8-20-14/h2-3,5,7,14,20H,4,6,8-12H2,1H3. The number of hydrogen-bond acceptors (Lipinski definition) is 6. The van der Waals surface area contributed by atoms with Crippen LogP contribution < -0.4 is 15.8 Å². The van der Waals surface area contributed by atoms with E-state index in [1.165, 1.54) is 4.57 Å². The number of amides is 1. The summed E-state index contributed by atoms with van der Waals surface area (Å²) in [5.74, 6) is 0.0977. The molecule has 9 nitrogen and oxygen atoms in total. The Morgan fingerprint density at radius 2 is 1.93 bits per heavy atom. The third kappa shape index (κ3) is 3.01. The molecule has 1 aromatic carbocycles. The maximum Gasteiger partial charge on any atom is 0.357 e. The maximum absolute atomic E-state index is 12.7. The van der Waals surface area contributed by atoms with Crippen molar-refractivity contribution in [1.29, 1.82) is 0 Å². The highest BCUT2D eigenvalue weighted by atomic mass is 16.6. The molecule has 2 aromatic rings. The van der Waals surface area contributed by atoms with Gasteiger partial charge in [-0.15, -0.1) is 0 Å². The van der Waals surface area contributed by atoms with Gasteiger partial charge in [0.1, 0.15) is 5.69 Å². The van der Waals surface area contributed by atoms with Gasteiger partial charge in [-0.1, -0.05) is 18.2 Å². The van der Waals surface area contributed by atoms with Gasteiger partial charge in [0.15, 0.2) is 0 Å². The molecule has 28 heavy (non-hydrogen) atoms. The number of piperazine rings is 1. The van der Waals surface area contributed by atoms with E-state index in [-0.39, 0.29) is 11.9 Å². The van der Waals surface area contributed by atoms with Crippen molar-refractivity contribution in [2.75, 3.05) is 37.6 Å². The summed E-state index contributed by atoms with van der Waals surface area (Å²) in [7, 11) is 1.55. The fourth-order valence-electron chi connectivity index (χ4n) is 4.21. The molecule has 1 aromatic heterocycles. The number of hydrogen-bond donors (Lipinski definition) is 1. The number of carbonyl (C=O) groups is 1. The maximum atomic E-state index is 12.7. The summed E-state index contributed by atoms with van der Waals surface area (Å²) >= 11 is 0. The molecule has 2 saturated heterocycles. The predicted molar refractivity (Wildman–Crippen MR) is 106 cm³/mol. The topological polar surface area (TPSA) is 101 Å². The molecule has 2 fully saturated rings. The molecule has 9 heteroatoms. The summed E-state index contributed by atoms with van der Waals surface area (Å²) in [5, 5.41) is 15.6. The average molecular weight is 385 g/mol. The first-order valence-electron chi connectivity index (χ1n) is 9.52. The molecule has 1 amide bonds. The lowest BCUT2D eigenvalue weighted by atomic mass is 10.1. The molecule has 0 saturated carbocycles. The first kappa shape index (κ1) is 18.4. The minimum atomic E-state index is -0.618. The predicted octanol–water partition coefficient (Wildman–Crippen LogP) is 0.847. The number of anilines is 1. The van der Waals surface area contributed by atoms with E-state index >= 15 is 0 Å². The zero-order chi connectivity index (χ0) is 19.8. The molecule has 0 radical (unpaired) electrons. The monoisotopic (exact) mass is 385 g/mol. The highest BCUT2D eigenvalue weighted by Gasteiger charge is 2.33. The van der Waals surface area contributed by atoms with E-state index in [1.807, 2.05) is 21.9 Å². The Morgan fingerprint density at radius 3 is 2.57 bits per heavy atom. The SMILES string of the molecule is Cn1c(=O)c([N+](=O)[O-])c(N2CCN(C(=O)C3CCCN3)CC2)c2ccccc21. The van der Waals surface area contributed by atoms with Gasteiger partial charge < -0.3 is 19.7 Å². The lowest BCUT2D eigenvalue weighted by Gasteiger charge is -2.37. The first-order valence-corrected chi connectivity index (χ1v) is 9.52. The Bertz CT molecular complexity index is 988. The van der Waals surface area contributed by atoms with Crippen molar-refractivity contribution in [2.45, 2.75) is 18.9 Å². The smallest absolute Gasteiger partial charge is 0.357 e. The Labute approximate surface area is 161 Å². The van der Waals surface area contributed by atoms with Gasteiger partial charge in [-0.25, -0.2) is 0 Å². The molecule has 1 N–H and O–H groups in total. The lowest BCUT2D eigenvalue weighted by molar-refractivity contribution is -0.385. The van der Waals surface area contributed by atoms with Crippen LogP contribution in [0.15, 0.2) is 29.1 Å². The van der Waals surface area contributed by atoms with Gasteiger partial charge in [-0.3, -0.25) is 19.7 Å². The van der Waals surface area contributed by atoms with Crippen LogP contribution in [0.1, 0.15) is 12.8 Å². The van der Waals surface area contributed by atoms with Crippen LogP contribution in [-0.2, 0) is 11.8 Å². The number of pyridine rings is 1. The van der Waals surface area contributed by atoms with Gasteiger partial charge in [-0.2, -0.15) is 0 Å². The number of aryl methyl sites for hydroxylation is 1. The molecule has 1 unspecified atom stereocenters. The van der Waals surface area contributed by atoms with Gasteiger partial charge in [-0.05, 0) is 25.5 Å². The Balaban J connectivity index is 1.67. The van der Waals surface area contributed by atoms with Crippen LogP contribution in [0.5, 0.6) is 0 Å². The van der Waals surface area contributed by atoms with Crippen LogP contribution in [-0.4, -0.2) is 59.1 Å². The van der Waals surface area contributed by atoms with E-state index < -0.39 is 16.2 Å². The molecule has 1 atom stereocenters. The fraction of sp³-hybridized carbons (Fsp3) is 0.474. The van der Waals surface area contributed by atoms with E-state index in [2.05, 4.69) is 5.32 Å². The van der Waals surface area contributed by atoms with E-state index in [1.54, 1.807) is 19.2 Å². The number of fused-ring (bicyclic) bond motifs is 1. The van der Waals surface area contributed by atoms with Gasteiger partial charge in [0.05, 0.1) is 16.5 Å². The van der Waals surface area contributed by atoms with Crippen LogP contribution in [0.2, 0.25) is 0 Å². The minimum absolute atomic E-state index is 0.0977. The molecule has 2 aliphatic rings. The molecule has 2 aliphatic heterocycles. The van der Waals surface area contributed by atoms with E-state index in [0.717, 1.165) is 19.4 Å². The third-order valence-corrected chi connectivity index (χ3v) is 5.70. The number of nitro groups is 1. The fourth-order valence-corrected chi connectivity index (χ4v) is 4.21. The summed E-state index contributed by atoms with van der Waals surface area (Å²) in [4.78, 5) is 40.1. The number of benzene rings is 1. The summed E-state index contributed by atoms with van der Waals surface area (Å²) in [6, 6.07) is 7.09. The zero-order valence-electron chi connectivity index (χ0n) is 15.8. The van der Waals surface area contributed by atoms with E-state index in [0.29, 0.717) is 42.8 Å². The van der Waals surface area contributed by atoms with Gasteiger partial charge in [0, 0.05) is 38.6 Å². The van der Waals surface area contributed by atoms with Crippen molar-refractivity contribution in [3.05, 3.63) is 44.7 Å². The van der Waals surface area contributed by atoms with Gasteiger partial charge >= 0.3 is 11.2 Å². The van der Waals surface area contributed by atoms with Crippen LogP contribution in [0.25, 0.3) is 10.9 Å². The van der Waals surface area contributed by atoms with Crippen molar-refractivity contribution >= 4 is 28.2 Å². The number of para-hydroxylation sites is 1. The number of rotatable bonds is 3. The molecule has 3 heterocycles. The molecule has 148 valence electrons. The summed E-state index contributed by atoms with van der Waals surface area (Å²) in [6.45, 7) is 2.74. The number of carbonyl (C=O) groups excluding carboxylic acids is 1. The second kappa shape index (κ2) is 7.23. The summed E-state index contributed by atoms with van der Waals surface area (Å²) < 4.78 is 1.32. The van der Waals surface area contributed by atoms with E-state index in [4.69, 9.17) is 0 Å². The normalized spacial score (nSPS) is 20.0. The van der Waals surface area contributed by atoms with Crippen LogP contribution >= 0.6 is 0 Å². The van der Waals surface area contributed by atoms with Crippen molar-refractivity contribution in [3.63, 3.8) is 0 Å². The first-order chi connectivity index (χ1) is 13.5. The van der Waals surface area contributed by atoms with Crippen molar-refractivity contribution in [2.24, 2.45) is 7.05 Å². The van der Waals surface area contributed by atoms with Crippen molar-refractivity contribution in [1.82, 2.24) is 14.8 Å². The Hall–Kier alpha value is -2.94. The average Bonchev–Trinajstić information content (AvgIpc) is 3.25. The zero-order valence-corrected chi connectivity index (χ0v) is 15.8. The molecular weight excluding hydrogens is 362 g/mol. The van der Waals surface area contributed by atoms with Crippen LogP contribution in [0, 0.1) is 10.1 Å². The molecule has 0 aliphatic carbocycles.